The molecule has 0 bridgehead atoms. The van der Waals surface area contributed by atoms with Gasteiger partial charge in [0.15, 0.2) is 0 Å². The molecular weight excluding hydrogens is 215 g/mol. The Bertz CT molecular complexity index is 512. The van der Waals surface area contributed by atoms with Crippen LogP contribution in [0.1, 0.15) is 5.56 Å². The van der Waals surface area contributed by atoms with E-state index >= 15 is 0 Å². The summed E-state index contributed by atoms with van der Waals surface area (Å²) in [4.78, 5) is 9.76. The number of rotatable bonds is 3. The Morgan fingerprint density at radius 3 is 2.88 bits per heavy atom. The van der Waals surface area contributed by atoms with Crippen LogP contribution in [0, 0.1) is 15.9 Å². The van der Waals surface area contributed by atoms with Crippen molar-refractivity contribution in [1.82, 2.24) is 15.0 Å². The number of aromatic nitrogens is 3. The van der Waals surface area contributed by atoms with Gasteiger partial charge in [0, 0.05) is 17.8 Å². The molecule has 0 radical (unpaired) electrons. The second-order valence-corrected chi connectivity index (χ2v) is 3.13. The van der Waals surface area contributed by atoms with Gasteiger partial charge in [0.2, 0.25) is 0 Å². The smallest absolute Gasteiger partial charge is 0.258 e. The fourth-order valence-corrected chi connectivity index (χ4v) is 1.27. The molecule has 6 nitrogen and oxygen atoms in total. The van der Waals surface area contributed by atoms with Gasteiger partial charge in [-0.25, -0.2) is 9.07 Å². The van der Waals surface area contributed by atoms with Crippen LogP contribution in [0.2, 0.25) is 0 Å². The Labute approximate surface area is 89.5 Å². The van der Waals surface area contributed by atoms with Crippen LogP contribution < -0.4 is 0 Å². The number of nitrogens with zero attached hydrogens (tertiary/aromatic N) is 4. The van der Waals surface area contributed by atoms with Crippen molar-refractivity contribution in [2.45, 2.75) is 6.54 Å². The maximum Gasteiger partial charge on any atom is 0.272 e. The molecule has 82 valence electrons. The average molecular weight is 222 g/mol. The maximum absolute atomic E-state index is 13.4. The van der Waals surface area contributed by atoms with Gasteiger partial charge in [-0.3, -0.25) is 10.1 Å². The predicted molar refractivity (Wildman–Crippen MR) is 52.2 cm³/mol. The first kappa shape index (κ1) is 10.2. The number of non-ortho nitro benzene ring substituents is 1. The zero-order valence-electron chi connectivity index (χ0n) is 8.08. The largest absolute Gasteiger partial charge is 0.272 e. The van der Waals surface area contributed by atoms with Crippen molar-refractivity contribution in [2.24, 2.45) is 0 Å². The lowest BCUT2D eigenvalue weighted by molar-refractivity contribution is -0.385. The molecule has 0 unspecified atom stereocenters. The quantitative estimate of drug-likeness (QED) is 0.580. The molecule has 0 saturated carbocycles. The van der Waals surface area contributed by atoms with E-state index in [1.165, 1.54) is 23.0 Å². The molecule has 16 heavy (non-hydrogen) atoms. The third kappa shape index (κ3) is 2.02. The van der Waals surface area contributed by atoms with Gasteiger partial charge in [-0.05, 0) is 6.07 Å². The molecule has 2 aromatic rings. The van der Waals surface area contributed by atoms with E-state index in [4.69, 9.17) is 0 Å². The first-order valence-electron chi connectivity index (χ1n) is 4.44. The average Bonchev–Trinajstić information content (AvgIpc) is 2.73. The lowest BCUT2D eigenvalue weighted by Gasteiger charge is -2.02. The number of nitro benzene ring substituents is 1. The highest BCUT2D eigenvalue weighted by molar-refractivity contribution is 5.34. The fraction of sp³-hybridized carbons (Fsp3) is 0.111. The minimum atomic E-state index is -0.637. The van der Waals surface area contributed by atoms with Crippen LogP contribution in [-0.2, 0) is 6.54 Å². The van der Waals surface area contributed by atoms with Crippen molar-refractivity contribution in [2.75, 3.05) is 0 Å². The Morgan fingerprint density at radius 2 is 2.31 bits per heavy atom. The lowest BCUT2D eigenvalue weighted by Crippen LogP contribution is -2.03. The molecule has 1 aromatic heterocycles. The normalized spacial score (nSPS) is 10.3. The fourth-order valence-electron chi connectivity index (χ4n) is 1.27. The van der Waals surface area contributed by atoms with E-state index in [2.05, 4.69) is 10.3 Å². The Hall–Kier alpha value is -2.31. The third-order valence-corrected chi connectivity index (χ3v) is 2.05. The van der Waals surface area contributed by atoms with Crippen molar-refractivity contribution in [3.05, 3.63) is 52.1 Å². The number of hydrogen-bond donors (Lipinski definition) is 0. The van der Waals surface area contributed by atoms with Crippen molar-refractivity contribution in [3.63, 3.8) is 0 Å². The van der Waals surface area contributed by atoms with E-state index in [1.54, 1.807) is 6.20 Å². The second-order valence-electron chi connectivity index (χ2n) is 3.13. The summed E-state index contributed by atoms with van der Waals surface area (Å²) in [5.41, 5.74) is 0.0657. The molecule has 0 aliphatic carbocycles. The first-order chi connectivity index (χ1) is 7.66. The van der Waals surface area contributed by atoms with Crippen molar-refractivity contribution in [3.8, 4) is 0 Å². The van der Waals surface area contributed by atoms with Gasteiger partial charge in [-0.15, -0.1) is 5.10 Å². The standard InChI is InChI=1S/C9H7FN4O2/c10-9-5-8(14(15)16)2-1-7(9)6-13-4-3-11-12-13/h1-5H,6H2. The van der Waals surface area contributed by atoms with Crippen LogP contribution in [0.25, 0.3) is 0 Å². The summed E-state index contributed by atoms with van der Waals surface area (Å²) in [5.74, 6) is -0.621. The van der Waals surface area contributed by atoms with Crippen LogP contribution in [0.5, 0.6) is 0 Å². The zero-order valence-corrected chi connectivity index (χ0v) is 8.08. The highest BCUT2D eigenvalue weighted by Gasteiger charge is 2.10. The van der Waals surface area contributed by atoms with Crippen LogP contribution in [0.15, 0.2) is 30.6 Å². The van der Waals surface area contributed by atoms with E-state index in [0.29, 0.717) is 5.56 Å². The zero-order chi connectivity index (χ0) is 11.5. The topological polar surface area (TPSA) is 73.8 Å². The van der Waals surface area contributed by atoms with Gasteiger partial charge in [-0.2, -0.15) is 0 Å². The molecule has 0 fully saturated rings. The SMILES string of the molecule is O=[N+]([O-])c1ccc(Cn2ccnn2)c(F)c1. The summed E-state index contributed by atoms with van der Waals surface area (Å²) in [7, 11) is 0. The Balaban J connectivity index is 2.26. The third-order valence-electron chi connectivity index (χ3n) is 2.05. The van der Waals surface area contributed by atoms with Crippen LogP contribution in [0.3, 0.4) is 0 Å². The molecular formula is C9H7FN4O2. The Morgan fingerprint density at radius 1 is 1.50 bits per heavy atom. The molecule has 7 heteroatoms. The van der Waals surface area contributed by atoms with Crippen molar-refractivity contribution < 1.29 is 9.31 Å². The molecule has 0 N–H and O–H groups in total. The molecule has 1 aromatic carbocycles. The summed E-state index contributed by atoms with van der Waals surface area (Å²) in [6.07, 6.45) is 3.06. The summed E-state index contributed by atoms with van der Waals surface area (Å²) in [5, 5.41) is 17.6. The van der Waals surface area contributed by atoms with Gasteiger partial charge in [0.25, 0.3) is 5.69 Å². The van der Waals surface area contributed by atoms with E-state index in [1.807, 2.05) is 0 Å². The first-order valence-corrected chi connectivity index (χ1v) is 4.44. The molecule has 0 aliphatic rings. The van der Waals surface area contributed by atoms with E-state index < -0.39 is 10.7 Å². The predicted octanol–water partition coefficient (Wildman–Crippen LogP) is 1.37. The van der Waals surface area contributed by atoms with Gasteiger partial charge >= 0.3 is 0 Å². The van der Waals surface area contributed by atoms with E-state index in [0.717, 1.165) is 6.07 Å². The van der Waals surface area contributed by atoms with Crippen LogP contribution >= 0.6 is 0 Å². The molecule has 0 aliphatic heterocycles. The van der Waals surface area contributed by atoms with Crippen molar-refractivity contribution >= 4 is 5.69 Å². The van der Waals surface area contributed by atoms with Gasteiger partial charge in [-0.1, -0.05) is 5.21 Å². The van der Waals surface area contributed by atoms with Crippen molar-refractivity contribution in [1.29, 1.82) is 0 Å². The summed E-state index contributed by atoms with van der Waals surface area (Å²) in [6.45, 7) is 0.198. The Kier molecular flexibility index (Phi) is 2.59. The number of nitro groups is 1. The van der Waals surface area contributed by atoms with Crippen LogP contribution in [0.4, 0.5) is 10.1 Å². The molecule has 1 heterocycles. The monoisotopic (exact) mass is 222 g/mol. The number of halogens is 1. The highest BCUT2D eigenvalue weighted by Crippen LogP contribution is 2.16. The van der Waals surface area contributed by atoms with Gasteiger partial charge in [0.05, 0.1) is 23.7 Å². The molecule has 0 spiro atoms. The molecule has 2 rings (SSSR count). The number of benzene rings is 1. The highest BCUT2D eigenvalue weighted by atomic mass is 19.1. The summed E-state index contributed by atoms with van der Waals surface area (Å²) in [6, 6.07) is 3.52. The lowest BCUT2D eigenvalue weighted by atomic mass is 10.2. The minimum Gasteiger partial charge on any atom is -0.258 e. The maximum atomic E-state index is 13.4. The number of hydrogen-bond acceptors (Lipinski definition) is 4. The van der Waals surface area contributed by atoms with Crippen LogP contribution in [-0.4, -0.2) is 19.9 Å². The van der Waals surface area contributed by atoms with E-state index in [9.17, 15) is 14.5 Å². The summed E-state index contributed by atoms with van der Waals surface area (Å²) >= 11 is 0. The molecule has 0 saturated heterocycles. The van der Waals surface area contributed by atoms with Gasteiger partial charge < -0.3 is 0 Å². The molecule has 0 atom stereocenters. The summed E-state index contributed by atoms with van der Waals surface area (Å²) < 4.78 is 14.9. The molecule has 0 amide bonds. The van der Waals surface area contributed by atoms with E-state index in [-0.39, 0.29) is 12.2 Å². The minimum absolute atomic E-state index is 0.198. The van der Waals surface area contributed by atoms with Gasteiger partial charge in [0.1, 0.15) is 5.82 Å². The second kappa shape index (κ2) is 4.05.